The van der Waals surface area contributed by atoms with Crippen LogP contribution in [0.2, 0.25) is 0 Å². The highest BCUT2D eigenvalue weighted by molar-refractivity contribution is 5.79. The maximum absolute atomic E-state index is 12.1. The Morgan fingerprint density at radius 3 is 2.52 bits per heavy atom. The van der Waals surface area contributed by atoms with Gasteiger partial charge in [0, 0.05) is 38.3 Å². The van der Waals surface area contributed by atoms with Gasteiger partial charge in [0.05, 0.1) is 12.1 Å². The highest BCUT2D eigenvalue weighted by Gasteiger charge is 2.25. The number of fused-ring (bicyclic) bond motifs is 1. The highest BCUT2D eigenvalue weighted by atomic mass is 16.6. The molecule has 0 aliphatic carbocycles. The van der Waals surface area contributed by atoms with Crippen LogP contribution in [0.25, 0.3) is 10.9 Å². The van der Waals surface area contributed by atoms with Gasteiger partial charge in [0.25, 0.3) is 0 Å². The van der Waals surface area contributed by atoms with Crippen LogP contribution in [0, 0.1) is 0 Å². The average Bonchev–Trinajstić information content (AvgIpc) is 2.66. The number of nitrogens with one attached hydrogen (secondary N) is 1. The third-order valence-corrected chi connectivity index (χ3v) is 4.86. The van der Waals surface area contributed by atoms with E-state index in [2.05, 4.69) is 9.88 Å². The summed E-state index contributed by atoms with van der Waals surface area (Å²) in [4.78, 5) is 30.5. The van der Waals surface area contributed by atoms with Gasteiger partial charge in [0.2, 0.25) is 5.56 Å². The molecule has 1 fully saturated rings. The Morgan fingerprint density at radius 1 is 1.07 bits per heavy atom. The molecule has 1 aromatic carbocycles. The van der Waals surface area contributed by atoms with E-state index >= 15 is 0 Å². The van der Waals surface area contributed by atoms with Gasteiger partial charge in [-0.3, -0.25) is 9.69 Å². The summed E-state index contributed by atoms with van der Waals surface area (Å²) < 4.78 is 11.3. The molecule has 0 radical (unpaired) electrons. The number of pyridine rings is 1. The molecule has 0 saturated carbocycles. The number of carbonyl (C=O) groups is 1. The van der Waals surface area contributed by atoms with Crippen LogP contribution in [-0.4, -0.2) is 65.8 Å². The van der Waals surface area contributed by atoms with Crippen LogP contribution in [0.5, 0.6) is 5.75 Å². The molecule has 7 nitrogen and oxygen atoms in total. The lowest BCUT2D eigenvalue weighted by molar-refractivity contribution is 0.0144. The summed E-state index contributed by atoms with van der Waals surface area (Å²) in [7, 11) is 0. The van der Waals surface area contributed by atoms with Crippen molar-refractivity contribution in [3.8, 4) is 5.75 Å². The zero-order valence-corrected chi connectivity index (χ0v) is 17.6. The van der Waals surface area contributed by atoms with E-state index in [0.717, 1.165) is 49.1 Å². The molecule has 0 bridgehead atoms. The molecular weight excluding hydrogens is 370 g/mol. The van der Waals surface area contributed by atoms with E-state index in [1.165, 1.54) is 6.07 Å². The summed E-state index contributed by atoms with van der Waals surface area (Å²) in [6.45, 7) is 10.5. The first-order valence-electron chi connectivity index (χ1n) is 10.3. The summed E-state index contributed by atoms with van der Waals surface area (Å²) in [6.07, 6.45) is 1.77. The van der Waals surface area contributed by atoms with Crippen molar-refractivity contribution in [2.24, 2.45) is 0 Å². The molecule has 1 aromatic heterocycles. The second-order valence-electron chi connectivity index (χ2n) is 8.44. The quantitative estimate of drug-likeness (QED) is 0.752. The summed E-state index contributed by atoms with van der Waals surface area (Å²) in [5.41, 5.74) is 0.230. The highest BCUT2D eigenvalue weighted by Crippen LogP contribution is 2.18. The summed E-state index contributed by atoms with van der Waals surface area (Å²) in [6, 6.07) is 9.07. The van der Waals surface area contributed by atoms with Gasteiger partial charge in [-0.1, -0.05) is 0 Å². The van der Waals surface area contributed by atoms with Crippen LogP contribution in [-0.2, 0) is 4.74 Å². The lowest BCUT2D eigenvalue weighted by atomic mass is 10.2. The van der Waals surface area contributed by atoms with E-state index in [9.17, 15) is 9.59 Å². The van der Waals surface area contributed by atoms with Crippen molar-refractivity contribution < 1.29 is 14.3 Å². The van der Waals surface area contributed by atoms with E-state index in [0.29, 0.717) is 19.7 Å². The second kappa shape index (κ2) is 9.31. The predicted molar refractivity (Wildman–Crippen MR) is 114 cm³/mol. The maximum Gasteiger partial charge on any atom is 0.410 e. The number of piperazine rings is 1. The Hall–Kier alpha value is -2.54. The number of aromatic amines is 1. The molecule has 1 saturated heterocycles. The number of ether oxygens (including phenoxy) is 2. The Balaban J connectivity index is 1.33. The fourth-order valence-corrected chi connectivity index (χ4v) is 3.33. The van der Waals surface area contributed by atoms with Crippen LogP contribution in [0.3, 0.4) is 0 Å². The van der Waals surface area contributed by atoms with Gasteiger partial charge >= 0.3 is 6.09 Å². The molecule has 3 rings (SSSR count). The molecular formula is C22H31N3O4. The number of hydrogen-bond acceptors (Lipinski definition) is 5. The number of aromatic nitrogens is 1. The third kappa shape index (κ3) is 6.49. The molecule has 29 heavy (non-hydrogen) atoms. The second-order valence-corrected chi connectivity index (χ2v) is 8.44. The molecule has 2 aromatic rings. The molecule has 2 heterocycles. The zero-order chi connectivity index (χ0) is 20.9. The first kappa shape index (κ1) is 21.2. The van der Waals surface area contributed by atoms with Crippen LogP contribution < -0.4 is 10.3 Å². The Kier molecular flexibility index (Phi) is 6.79. The minimum absolute atomic E-state index is 0.110. The Bertz CT molecular complexity index is 879. The zero-order valence-electron chi connectivity index (χ0n) is 17.6. The van der Waals surface area contributed by atoms with E-state index in [1.54, 1.807) is 11.0 Å². The van der Waals surface area contributed by atoms with Gasteiger partial charge in [-0.05, 0) is 63.7 Å². The number of nitrogens with zero attached hydrogens (tertiary/aromatic N) is 2. The number of carbonyl (C=O) groups excluding carboxylic acids is 1. The van der Waals surface area contributed by atoms with Gasteiger partial charge in [-0.15, -0.1) is 0 Å². The van der Waals surface area contributed by atoms with E-state index in [1.807, 2.05) is 39.0 Å². The van der Waals surface area contributed by atoms with Crippen molar-refractivity contribution in [3.63, 3.8) is 0 Å². The third-order valence-electron chi connectivity index (χ3n) is 4.86. The Labute approximate surface area is 171 Å². The summed E-state index contributed by atoms with van der Waals surface area (Å²) in [5, 5.41) is 0.988. The van der Waals surface area contributed by atoms with Crippen molar-refractivity contribution in [3.05, 3.63) is 40.7 Å². The van der Waals surface area contributed by atoms with Gasteiger partial charge < -0.3 is 19.4 Å². The molecule has 0 spiro atoms. The number of amides is 1. The van der Waals surface area contributed by atoms with Gasteiger partial charge in [0.1, 0.15) is 11.4 Å². The van der Waals surface area contributed by atoms with E-state index in [4.69, 9.17) is 9.47 Å². The van der Waals surface area contributed by atoms with Crippen LogP contribution >= 0.6 is 0 Å². The SMILES string of the molecule is CC(C)(C)OC(=O)N1CCN(CCCCOc2ccc3ccc(=O)[nH]c3c2)CC1. The summed E-state index contributed by atoms with van der Waals surface area (Å²) in [5.74, 6) is 0.769. The molecule has 158 valence electrons. The molecule has 1 amide bonds. The van der Waals surface area contributed by atoms with Crippen molar-refractivity contribution in [2.75, 3.05) is 39.3 Å². The molecule has 7 heteroatoms. The lowest BCUT2D eigenvalue weighted by Crippen LogP contribution is -2.50. The standard InChI is InChI=1S/C22H31N3O4/c1-22(2,3)29-21(27)25-13-11-24(12-14-25)10-4-5-15-28-18-8-6-17-7-9-20(26)23-19(17)16-18/h6-9,16H,4-5,10-15H2,1-3H3,(H,23,26). The minimum atomic E-state index is -0.450. The molecule has 1 aliphatic heterocycles. The maximum atomic E-state index is 12.1. The number of hydrogen-bond donors (Lipinski definition) is 1. The van der Waals surface area contributed by atoms with Crippen LogP contribution in [0.4, 0.5) is 4.79 Å². The van der Waals surface area contributed by atoms with Crippen molar-refractivity contribution >= 4 is 17.0 Å². The molecule has 1 N–H and O–H groups in total. The van der Waals surface area contributed by atoms with E-state index in [-0.39, 0.29) is 11.7 Å². The van der Waals surface area contributed by atoms with Crippen molar-refractivity contribution in [1.29, 1.82) is 0 Å². The smallest absolute Gasteiger partial charge is 0.410 e. The lowest BCUT2D eigenvalue weighted by Gasteiger charge is -2.35. The number of unbranched alkanes of at least 4 members (excludes halogenated alkanes) is 1. The molecule has 0 atom stereocenters. The molecule has 0 unspecified atom stereocenters. The van der Waals surface area contributed by atoms with Crippen LogP contribution in [0.15, 0.2) is 35.1 Å². The Morgan fingerprint density at radius 2 is 1.79 bits per heavy atom. The number of H-pyrrole nitrogens is 1. The van der Waals surface area contributed by atoms with Crippen LogP contribution in [0.1, 0.15) is 33.6 Å². The summed E-state index contributed by atoms with van der Waals surface area (Å²) >= 11 is 0. The number of rotatable bonds is 6. The van der Waals surface area contributed by atoms with Gasteiger partial charge in [-0.25, -0.2) is 4.79 Å². The van der Waals surface area contributed by atoms with Gasteiger partial charge in [-0.2, -0.15) is 0 Å². The topological polar surface area (TPSA) is 74.9 Å². The largest absolute Gasteiger partial charge is 0.494 e. The predicted octanol–water partition coefficient (Wildman–Crippen LogP) is 3.24. The average molecular weight is 402 g/mol. The van der Waals surface area contributed by atoms with Crippen molar-refractivity contribution in [2.45, 2.75) is 39.2 Å². The fraction of sp³-hybridized carbons (Fsp3) is 0.545. The normalized spacial score (nSPS) is 15.5. The fourth-order valence-electron chi connectivity index (χ4n) is 3.33. The monoisotopic (exact) mass is 401 g/mol. The number of benzene rings is 1. The first-order chi connectivity index (χ1) is 13.8. The first-order valence-corrected chi connectivity index (χ1v) is 10.3. The minimum Gasteiger partial charge on any atom is -0.494 e. The van der Waals surface area contributed by atoms with Crippen molar-refractivity contribution in [1.82, 2.24) is 14.8 Å². The molecule has 1 aliphatic rings. The van der Waals surface area contributed by atoms with E-state index < -0.39 is 5.60 Å². The van der Waals surface area contributed by atoms with Gasteiger partial charge in [0.15, 0.2) is 0 Å².